The molecule has 1 amide bonds. The van der Waals surface area contributed by atoms with Crippen molar-refractivity contribution in [3.63, 3.8) is 0 Å². The summed E-state index contributed by atoms with van der Waals surface area (Å²) in [5, 5.41) is 6.01. The minimum Gasteiger partial charge on any atom is -0.381 e. The zero-order valence-electron chi connectivity index (χ0n) is 7.84. The first kappa shape index (κ1) is 8.81. The van der Waals surface area contributed by atoms with Gasteiger partial charge in [-0.1, -0.05) is 12.1 Å². The van der Waals surface area contributed by atoms with Gasteiger partial charge in [-0.15, -0.1) is 6.58 Å². The van der Waals surface area contributed by atoms with Crippen molar-refractivity contribution in [3.05, 3.63) is 36.4 Å². The molecule has 1 aliphatic heterocycles. The number of nitrogens with one attached hydrogen (secondary N) is 2. The Morgan fingerprint density at radius 2 is 2.43 bits per heavy atom. The van der Waals surface area contributed by atoms with E-state index in [-0.39, 0.29) is 5.91 Å². The van der Waals surface area contributed by atoms with Crippen LogP contribution in [0, 0.1) is 0 Å². The zero-order valence-corrected chi connectivity index (χ0v) is 7.84. The van der Waals surface area contributed by atoms with Crippen molar-refractivity contribution in [1.82, 2.24) is 0 Å². The SMILES string of the molecule is C=CCNc1cccc2c1CC(=O)N2. The largest absolute Gasteiger partial charge is 0.381 e. The van der Waals surface area contributed by atoms with Crippen molar-refractivity contribution in [3.8, 4) is 0 Å². The van der Waals surface area contributed by atoms with Gasteiger partial charge in [-0.25, -0.2) is 0 Å². The summed E-state index contributed by atoms with van der Waals surface area (Å²) < 4.78 is 0. The van der Waals surface area contributed by atoms with Gasteiger partial charge in [0.2, 0.25) is 5.91 Å². The van der Waals surface area contributed by atoms with E-state index < -0.39 is 0 Å². The van der Waals surface area contributed by atoms with E-state index in [9.17, 15) is 4.79 Å². The number of hydrogen-bond acceptors (Lipinski definition) is 2. The number of amides is 1. The van der Waals surface area contributed by atoms with Gasteiger partial charge in [-0.3, -0.25) is 4.79 Å². The fourth-order valence-electron chi connectivity index (χ4n) is 1.60. The van der Waals surface area contributed by atoms with Crippen molar-refractivity contribution in [2.45, 2.75) is 6.42 Å². The van der Waals surface area contributed by atoms with E-state index >= 15 is 0 Å². The van der Waals surface area contributed by atoms with Gasteiger partial charge in [0.15, 0.2) is 0 Å². The fourth-order valence-corrected chi connectivity index (χ4v) is 1.60. The first-order chi connectivity index (χ1) is 6.81. The van der Waals surface area contributed by atoms with Gasteiger partial charge in [0.05, 0.1) is 6.42 Å². The Labute approximate surface area is 82.8 Å². The summed E-state index contributed by atoms with van der Waals surface area (Å²) in [7, 11) is 0. The maximum atomic E-state index is 11.2. The zero-order chi connectivity index (χ0) is 9.97. The summed E-state index contributed by atoms with van der Waals surface area (Å²) in [5.74, 6) is 0.0628. The molecule has 0 saturated heterocycles. The molecule has 1 aliphatic rings. The van der Waals surface area contributed by atoms with Crippen LogP contribution in [0.4, 0.5) is 11.4 Å². The van der Waals surface area contributed by atoms with Crippen LogP contribution in [0.1, 0.15) is 5.56 Å². The molecular weight excluding hydrogens is 176 g/mol. The summed E-state index contributed by atoms with van der Waals surface area (Å²) in [5.41, 5.74) is 2.99. The lowest BCUT2D eigenvalue weighted by Gasteiger charge is -2.07. The molecule has 3 heteroatoms. The topological polar surface area (TPSA) is 41.1 Å². The molecule has 72 valence electrons. The lowest BCUT2D eigenvalue weighted by molar-refractivity contribution is -0.115. The van der Waals surface area contributed by atoms with Gasteiger partial charge in [-0.2, -0.15) is 0 Å². The second-order valence-electron chi connectivity index (χ2n) is 3.23. The van der Waals surface area contributed by atoms with E-state index in [4.69, 9.17) is 0 Å². The Hall–Kier alpha value is -1.77. The van der Waals surface area contributed by atoms with E-state index in [0.29, 0.717) is 13.0 Å². The molecule has 1 aromatic rings. The van der Waals surface area contributed by atoms with E-state index in [2.05, 4.69) is 17.2 Å². The van der Waals surface area contributed by atoms with Gasteiger partial charge in [-0.05, 0) is 12.1 Å². The van der Waals surface area contributed by atoms with Gasteiger partial charge in [0, 0.05) is 23.5 Å². The molecule has 0 aliphatic carbocycles. The minimum absolute atomic E-state index is 0.0628. The second-order valence-corrected chi connectivity index (χ2v) is 3.23. The molecule has 2 N–H and O–H groups in total. The van der Waals surface area contributed by atoms with Crippen molar-refractivity contribution in [1.29, 1.82) is 0 Å². The monoisotopic (exact) mass is 188 g/mol. The molecule has 0 spiro atoms. The summed E-state index contributed by atoms with van der Waals surface area (Å²) in [6, 6.07) is 5.82. The molecule has 0 radical (unpaired) electrons. The lowest BCUT2D eigenvalue weighted by atomic mass is 10.1. The Morgan fingerprint density at radius 3 is 3.21 bits per heavy atom. The highest BCUT2D eigenvalue weighted by atomic mass is 16.1. The number of rotatable bonds is 3. The number of carbonyl (C=O) groups is 1. The first-order valence-electron chi connectivity index (χ1n) is 4.58. The van der Waals surface area contributed by atoms with Crippen molar-refractivity contribution >= 4 is 17.3 Å². The quantitative estimate of drug-likeness (QED) is 0.710. The molecule has 0 bridgehead atoms. The summed E-state index contributed by atoms with van der Waals surface area (Å²) in [6.07, 6.45) is 2.26. The molecule has 0 aromatic heterocycles. The Kier molecular flexibility index (Phi) is 2.23. The highest BCUT2D eigenvalue weighted by Crippen LogP contribution is 2.29. The number of fused-ring (bicyclic) bond motifs is 1. The second kappa shape index (κ2) is 3.54. The van der Waals surface area contributed by atoms with E-state index in [0.717, 1.165) is 16.9 Å². The molecule has 1 aromatic carbocycles. The first-order valence-corrected chi connectivity index (χ1v) is 4.58. The third kappa shape index (κ3) is 1.48. The lowest BCUT2D eigenvalue weighted by Crippen LogP contribution is -2.04. The van der Waals surface area contributed by atoms with E-state index in [1.54, 1.807) is 6.08 Å². The Morgan fingerprint density at radius 1 is 1.57 bits per heavy atom. The van der Waals surface area contributed by atoms with Crippen LogP contribution >= 0.6 is 0 Å². The maximum Gasteiger partial charge on any atom is 0.228 e. The minimum atomic E-state index is 0.0628. The van der Waals surface area contributed by atoms with Crippen molar-refractivity contribution in [2.24, 2.45) is 0 Å². The molecule has 3 nitrogen and oxygen atoms in total. The number of carbonyl (C=O) groups excluding carboxylic acids is 1. The standard InChI is InChI=1S/C11H12N2O/c1-2-6-12-9-4-3-5-10-8(9)7-11(14)13-10/h2-5,12H,1,6-7H2,(H,13,14). The van der Waals surface area contributed by atoms with Crippen LogP contribution in [-0.2, 0) is 11.2 Å². The normalized spacial score (nSPS) is 13.3. The Balaban J connectivity index is 2.29. The molecule has 0 unspecified atom stereocenters. The predicted molar refractivity (Wildman–Crippen MR) is 57.5 cm³/mol. The van der Waals surface area contributed by atoms with Gasteiger partial charge >= 0.3 is 0 Å². The number of hydrogen-bond donors (Lipinski definition) is 2. The van der Waals surface area contributed by atoms with Crippen LogP contribution in [0.25, 0.3) is 0 Å². The highest BCUT2D eigenvalue weighted by Gasteiger charge is 2.19. The van der Waals surface area contributed by atoms with E-state index in [1.165, 1.54) is 0 Å². The molecule has 1 heterocycles. The molecular formula is C11H12N2O. The van der Waals surface area contributed by atoms with Crippen LogP contribution in [0.3, 0.4) is 0 Å². The fraction of sp³-hybridized carbons (Fsp3) is 0.182. The molecule has 0 saturated carbocycles. The third-order valence-corrected chi connectivity index (χ3v) is 2.22. The highest BCUT2D eigenvalue weighted by molar-refractivity contribution is 6.01. The van der Waals surface area contributed by atoms with Crippen LogP contribution in [0.5, 0.6) is 0 Å². The van der Waals surface area contributed by atoms with Crippen molar-refractivity contribution < 1.29 is 4.79 Å². The molecule has 0 fully saturated rings. The summed E-state index contributed by atoms with van der Waals surface area (Å²) in [6.45, 7) is 4.35. The predicted octanol–water partition coefficient (Wildman–Crippen LogP) is 1.78. The average Bonchev–Trinajstić information content (AvgIpc) is 2.55. The summed E-state index contributed by atoms with van der Waals surface area (Å²) in [4.78, 5) is 11.2. The number of anilines is 2. The molecule has 14 heavy (non-hydrogen) atoms. The summed E-state index contributed by atoms with van der Waals surface area (Å²) >= 11 is 0. The maximum absolute atomic E-state index is 11.2. The van der Waals surface area contributed by atoms with Crippen molar-refractivity contribution in [2.75, 3.05) is 17.2 Å². The van der Waals surface area contributed by atoms with Gasteiger partial charge in [0.25, 0.3) is 0 Å². The average molecular weight is 188 g/mol. The smallest absolute Gasteiger partial charge is 0.228 e. The van der Waals surface area contributed by atoms with Crippen LogP contribution in [0.2, 0.25) is 0 Å². The van der Waals surface area contributed by atoms with Crippen LogP contribution < -0.4 is 10.6 Å². The van der Waals surface area contributed by atoms with E-state index in [1.807, 2.05) is 18.2 Å². The Bertz CT molecular complexity index is 385. The number of benzene rings is 1. The third-order valence-electron chi connectivity index (χ3n) is 2.22. The van der Waals surface area contributed by atoms with Gasteiger partial charge < -0.3 is 10.6 Å². The van der Waals surface area contributed by atoms with Crippen LogP contribution in [-0.4, -0.2) is 12.5 Å². The molecule has 2 rings (SSSR count). The van der Waals surface area contributed by atoms with Gasteiger partial charge in [0.1, 0.15) is 0 Å². The van der Waals surface area contributed by atoms with Crippen LogP contribution in [0.15, 0.2) is 30.9 Å². The molecule has 0 atom stereocenters.